The van der Waals surface area contributed by atoms with Crippen molar-refractivity contribution in [3.63, 3.8) is 0 Å². The number of ether oxygens (including phenoxy) is 3. The minimum atomic E-state index is -0.686. The van der Waals surface area contributed by atoms with E-state index in [1.54, 1.807) is 43.3 Å². The maximum absolute atomic E-state index is 11.9. The van der Waals surface area contributed by atoms with Gasteiger partial charge in [0.05, 0.1) is 0 Å². The van der Waals surface area contributed by atoms with Crippen LogP contribution in [-0.2, 0) is 14.4 Å². The summed E-state index contributed by atoms with van der Waals surface area (Å²) < 4.78 is 15.6. The molecular weight excluding hydrogens is 372 g/mol. The summed E-state index contributed by atoms with van der Waals surface area (Å²) in [6.45, 7) is 13.5. The zero-order chi connectivity index (χ0) is 21.6. The van der Waals surface area contributed by atoms with E-state index in [1.165, 1.54) is 13.0 Å². The molecule has 0 aliphatic rings. The first-order valence-electron chi connectivity index (χ1n) is 8.55. The molecule has 0 radical (unpaired) electrons. The van der Waals surface area contributed by atoms with Crippen molar-refractivity contribution in [1.29, 1.82) is 0 Å². The molecule has 0 aromatic heterocycles. The largest absolute Gasteiger partial charge is 0.423 e. The molecule has 0 unspecified atom stereocenters. The van der Waals surface area contributed by atoms with Crippen LogP contribution in [0, 0.1) is 0 Å². The van der Waals surface area contributed by atoms with E-state index in [-0.39, 0.29) is 17.1 Å². The van der Waals surface area contributed by atoms with Crippen molar-refractivity contribution in [3.05, 3.63) is 79.4 Å². The second-order valence-electron chi connectivity index (χ2n) is 6.15. The SMILES string of the molecule is C=CC(=O)Oc1ccc(-c2ccc(OC(=O)C(=C)C)cc2)cc1OC(=O)C(=C)C. The van der Waals surface area contributed by atoms with Gasteiger partial charge < -0.3 is 14.2 Å². The Morgan fingerprint density at radius 1 is 0.759 bits per heavy atom. The fraction of sp³-hybridized carbons (Fsp3) is 0.0870. The van der Waals surface area contributed by atoms with Crippen LogP contribution in [0.5, 0.6) is 17.2 Å². The van der Waals surface area contributed by atoms with Crippen LogP contribution < -0.4 is 14.2 Å². The maximum atomic E-state index is 11.9. The summed E-state index contributed by atoms with van der Waals surface area (Å²) >= 11 is 0. The molecule has 0 spiro atoms. The molecule has 0 amide bonds. The molecule has 29 heavy (non-hydrogen) atoms. The molecule has 0 N–H and O–H groups in total. The third-order valence-corrected chi connectivity index (χ3v) is 3.62. The van der Waals surface area contributed by atoms with Gasteiger partial charge in [-0.1, -0.05) is 37.9 Å². The van der Waals surface area contributed by atoms with Crippen molar-refractivity contribution in [2.75, 3.05) is 0 Å². The number of carbonyl (C=O) groups is 3. The van der Waals surface area contributed by atoms with Gasteiger partial charge in [-0.3, -0.25) is 0 Å². The van der Waals surface area contributed by atoms with E-state index in [4.69, 9.17) is 14.2 Å². The van der Waals surface area contributed by atoms with E-state index in [9.17, 15) is 14.4 Å². The number of hydrogen-bond donors (Lipinski definition) is 0. The molecule has 0 aliphatic heterocycles. The van der Waals surface area contributed by atoms with Crippen molar-refractivity contribution in [1.82, 2.24) is 0 Å². The highest BCUT2D eigenvalue weighted by molar-refractivity contribution is 5.90. The van der Waals surface area contributed by atoms with Gasteiger partial charge in [0, 0.05) is 17.2 Å². The van der Waals surface area contributed by atoms with Crippen molar-refractivity contribution in [2.24, 2.45) is 0 Å². The van der Waals surface area contributed by atoms with E-state index in [1.807, 2.05) is 0 Å². The molecule has 0 saturated carbocycles. The third kappa shape index (κ3) is 5.77. The van der Waals surface area contributed by atoms with E-state index in [0.717, 1.165) is 11.6 Å². The lowest BCUT2D eigenvalue weighted by Crippen LogP contribution is -2.11. The van der Waals surface area contributed by atoms with Gasteiger partial charge in [-0.15, -0.1) is 0 Å². The molecular formula is C23H20O6. The summed E-state index contributed by atoms with van der Waals surface area (Å²) in [6.07, 6.45) is 1.00. The van der Waals surface area contributed by atoms with Crippen LogP contribution >= 0.6 is 0 Å². The highest BCUT2D eigenvalue weighted by atomic mass is 16.6. The molecule has 0 heterocycles. The smallest absolute Gasteiger partial charge is 0.338 e. The Bertz CT molecular complexity index is 999. The Kier molecular flexibility index (Phi) is 6.87. The number of hydrogen-bond acceptors (Lipinski definition) is 6. The van der Waals surface area contributed by atoms with E-state index < -0.39 is 17.9 Å². The third-order valence-electron chi connectivity index (χ3n) is 3.62. The molecule has 0 fully saturated rings. The lowest BCUT2D eigenvalue weighted by Gasteiger charge is -2.12. The van der Waals surface area contributed by atoms with Crippen molar-refractivity contribution < 1.29 is 28.6 Å². The fourth-order valence-corrected chi connectivity index (χ4v) is 2.10. The fourth-order valence-electron chi connectivity index (χ4n) is 2.10. The second-order valence-corrected chi connectivity index (χ2v) is 6.15. The Morgan fingerprint density at radius 3 is 1.86 bits per heavy atom. The summed E-state index contributed by atoms with van der Waals surface area (Å²) in [5.74, 6) is -1.36. The van der Waals surface area contributed by atoms with Crippen LogP contribution in [-0.4, -0.2) is 17.9 Å². The molecule has 2 aromatic rings. The zero-order valence-electron chi connectivity index (χ0n) is 16.2. The molecule has 2 rings (SSSR count). The van der Waals surface area contributed by atoms with Gasteiger partial charge >= 0.3 is 17.9 Å². The van der Waals surface area contributed by atoms with Crippen molar-refractivity contribution >= 4 is 17.9 Å². The molecule has 0 atom stereocenters. The van der Waals surface area contributed by atoms with Gasteiger partial charge in [0.2, 0.25) is 0 Å². The van der Waals surface area contributed by atoms with Crippen LogP contribution in [0.25, 0.3) is 11.1 Å². The average Bonchev–Trinajstić information content (AvgIpc) is 2.69. The van der Waals surface area contributed by atoms with E-state index in [0.29, 0.717) is 16.9 Å². The average molecular weight is 392 g/mol. The predicted molar refractivity (Wildman–Crippen MR) is 109 cm³/mol. The normalized spacial score (nSPS) is 9.86. The molecule has 0 saturated heterocycles. The summed E-state index contributed by atoms with van der Waals surface area (Å²) in [6, 6.07) is 11.5. The molecule has 6 nitrogen and oxygen atoms in total. The molecule has 148 valence electrons. The van der Waals surface area contributed by atoms with Crippen LogP contribution in [0.4, 0.5) is 0 Å². The minimum absolute atomic E-state index is 0.0588. The van der Waals surface area contributed by atoms with Gasteiger partial charge in [0.15, 0.2) is 11.5 Å². The first-order valence-corrected chi connectivity index (χ1v) is 8.55. The van der Waals surface area contributed by atoms with Gasteiger partial charge in [-0.05, 0) is 49.2 Å². The summed E-state index contributed by atoms with van der Waals surface area (Å²) in [7, 11) is 0. The molecule has 6 heteroatoms. The lowest BCUT2D eigenvalue weighted by molar-refractivity contribution is -0.132. The van der Waals surface area contributed by atoms with Crippen LogP contribution in [0.3, 0.4) is 0 Å². The van der Waals surface area contributed by atoms with Gasteiger partial charge in [0.25, 0.3) is 0 Å². The maximum Gasteiger partial charge on any atom is 0.338 e. The van der Waals surface area contributed by atoms with Crippen LogP contribution in [0.1, 0.15) is 13.8 Å². The minimum Gasteiger partial charge on any atom is -0.423 e. The molecule has 0 aliphatic carbocycles. The highest BCUT2D eigenvalue weighted by Gasteiger charge is 2.15. The Labute approximate surface area is 168 Å². The van der Waals surface area contributed by atoms with Gasteiger partial charge in [-0.25, -0.2) is 14.4 Å². The van der Waals surface area contributed by atoms with Crippen molar-refractivity contribution in [3.8, 4) is 28.4 Å². The number of rotatable bonds is 7. The van der Waals surface area contributed by atoms with Crippen LogP contribution in [0.2, 0.25) is 0 Å². The first kappa shape index (κ1) is 21.4. The predicted octanol–water partition coefficient (Wildman–Crippen LogP) is 4.41. The van der Waals surface area contributed by atoms with Gasteiger partial charge in [0.1, 0.15) is 5.75 Å². The summed E-state index contributed by atoms with van der Waals surface area (Å²) in [5, 5.41) is 0. The Hall–Kier alpha value is -3.93. The molecule has 2 aromatic carbocycles. The Morgan fingerprint density at radius 2 is 1.31 bits per heavy atom. The number of carbonyl (C=O) groups excluding carboxylic acids is 3. The van der Waals surface area contributed by atoms with E-state index >= 15 is 0 Å². The highest BCUT2D eigenvalue weighted by Crippen LogP contribution is 2.34. The first-order chi connectivity index (χ1) is 13.7. The topological polar surface area (TPSA) is 78.9 Å². The monoisotopic (exact) mass is 392 g/mol. The summed E-state index contributed by atoms with van der Waals surface area (Å²) in [5.41, 5.74) is 1.93. The van der Waals surface area contributed by atoms with Crippen molar-refractivity contribution in [2.45, 2.75) is 13.8 Å². The van der Waals surface area contributed by atoms with E-state index in [2.05, 4.69) is 19.7 Å². The number of esters is 3. The quantitative estimate of drug-likeness (QED) is 0.395. The molecule has 0 bridgehead atoms. The lowest BCUT2D eigenvalue weighted by atomic mass is 10.0. The summed E-state index contributed by atoms with van der Waals surface area (Å²) in [4.78, 5) is 35.1. The Balaban J connectivity index is 2.34. The van der Waals surface area contributed by atoms with Crippen LogP contribution in [0.15, 0.2) is 79.4 Å². The standard InChI is InChI=1S/C23H20O6/c1-6-21(24)28-19-12-9-17(13-20(19)29-23(26)15(4)5)16-7-10-18(11-8-16)27-22(25)14(2)3/h6-13H,1-2,4H2,3,5H3. The zero-order valence-corrected chi connectivity index (χ0v) is 16.2. The van der Waals surface area contributed by atoms with Gasteiger partial charge in [-0.2, -0.15) is 0 Å². The second kappa shape index (κ2) is 9.32. The number of benzene rings is 2.